The number of aliphatic hydroxyl groups excluding tert-OH is 1. The molecular weight excluding hydrogens is 1170 g/mol. The van der Waals surface area contributed by atoms with Crippen molar-refractivity contribution in [1.82, 2.24) is 36.1 Å². The molecule has 24 heteroatoms. The molecule has 1 saturated heterocycles. The highest BCUT2D eigenvalue weighted by Gasteiger charge is 2.46. The third kappa shape index (κ3) is 15.3. The van der Waals surface area contributed by atoms with Crippen LogP contribution in [0.3, 0.4) is 0 Å². The zero-order chi connectivity index (χ0) is 63.2. The molecule has 466 valence electrons. The summed E-state index contributed by atoms with van der Waals surface area (Å²) in [5, 5.41) is 22.8. The molecule has 88 heavy (non-hydrogen) atoms. The number of H-pyrrole nitrogens is 1. The molecule has 7 atom stereocenters. The molecule has 9 rings (SSSR count). The summed E-state index contributed by atoms with van der Waals surface area (Å²) in [6, 6.07) is 21.9. The fourth-order valence-electron chi connectivity index (χ4n) is 11.8. The van der Waals surface area contributed by atoms with Crippen LogP contribution in [-0.2, 0) is 70.5 Å². The van der Waals surface area contributed by atoms with Gasteiger partial charge in [-0.05, 0) is 115 Å². The van der Waals surface area contributed by atoms with E-state index >= 15 is 0 Å². The number of nitrogens with one attached hydrogen (secondary N) is 5. The Morgan fingerprint density at radius 1 is 0.886 bits per heavy atom. The number of β-amino-alcohol motifs (C(OH)–C–C–N with tert-alkyl or cyclic N) is 1. The fraction of sp³-hybridized carbons (Fsp3) is 0.422. The Labute approximate surface area is 513 Å². The average Bonchev–Trinajstić information content (AvgIpc) is 2.11. The van der Waals surface area contributed by atoms with Crippen LogP contribution in [0.4, 0.5) is 5.69 Å². The first-order chi connectivity index (χ1) is 41.8. The molecule has 0 unspecified atom stereocenters. The number of likely N-dealkylation sites (tertiary alicyclic amines) is 1. The third-order valence-electron chi connectivity index (χ3n) is 16.7. The molecule has 1 fully saturated rings. The Balaban J connectivity index is 0.766. The first-order valence-electron chi connectivity index (χ1n) is 29.6. The molecular formula is C64H76N9O13PS. The van der Waals surface area contributed by atoms with Crippen LogP contribution in [0.5, 0.6) is 0 Å². The number of benzene rings is 4. The minimum absolute atomic E-state index is 0.0338. The number of thiazole rings is 1. The van der Waals surface area contributed by atoms with E-state index in [-0.39, 0.29) is 81.3 Å². The Kier molecular flexibility index (Phi) is 20.3. The summed E-state index contributed by atoms with van der Waals surface area (Å²) in [5.74, 6) is -3.34. The Hall–Kier alpha value is -7.92. The molecule has 3 aliphatic heterocycles. The summed E-state index contributed by atoms with van der Waals surface area (Å²) in [6.45, 7) is 9.65. The van der Waals surface area contributed by atoms with E-state index in [0.29, 0.717) is 42.3 Å². The smallest absolute Gasteiger partial charge is 0.391 e. The molecule has 0 aliphatic carbocycles. The number of aryl methyl sites for hydroxylation is 3. The molecule has 0 bridgehead atoms. The molecule has 10 N–H and O–H groups in total. The predicted molar refractivity (Wildman–Crippen MR) is 331 cm³/mol. The lowest BCUT2D eigenvalue weighted by molar-refractivity contribution is -0.144. The van der Waals surface area contributed by atoms with E-state index in [4.69, 9.17) is 10.5 Å². The summed E-state index contributed by atoms with van der Waals surface area (Å²) >= 11 is 1.56. The van der Waals surface area contributed by atoms with Crippen LogP contribution < -0.4 is 31.9 Å². The normalized spacial score (nSPS) is 18.5. The molecule has 7 amide bonds. The maximum Gasteiger partial charge on any atom is 0.396 e. The van der Waals surface area contributed by atoms with Gasteiger partial charge in [-0.1, -0.05) is 93.9 Å². The number of hydrogen-bond donors (Lipinski definition) is 9. The lowest BCUT2D eigenvalue weighted by atomic mass is 9.85. The second-order valence-electron chi connectivity index (χ2n) is 24.2. The SMILES string of the molecule is Cc1ncsc1-c1ccc(CNC(=O)[C@@H]2C[C@@H](O)CN2C(=O)[C@@H](NC(=O)CCCCCc2ccccc2CO[C@H](C)[C@H](CCC(N)=O)NC(=O)[C@@H]2Cc3cccc4c3N2C(=O)[C@@H](NC(=O)c2cc3cc(C(=O)P(=O)(O)O)ccc3[nH]2)CC4)C(C)(C)C)cc1. The minimum Gasteiger partial charge on any atom is -0.391 e. The molecule has 3 aliphatic rings. The average molecular weight is 1240 g/mol. The van der Waals surface area contributed by atoms with Gasteiger partial charge in [0.2, 0.25) is 35.4 Å². The van der Waals surface area contributed by atoms with Gasteiger partial charge in [-0.3, -0.25) is 47.8 Å². The van der Waals surface area contributed by atoms with Crippen LogP contribution in [0, 0.1) is 12.3 Å². The number of ether oxygens (including phenoxy) is 1. The van der Waals surface area contributed by atoms with Gasteiger partial charge in [-0.2, -0.15) is 0 Å². The number of primary amides is 1. The number of carbonyl (C=O) groups excluding carboxylic acids is 8. The predicted octanol–water partition coefficient (Wildman–Crippen LogP) is 6.19. The van der Waals surface area contributed by atoms with Gasteiger partial charge in [0, 0.05) is 55.2 Å². The Bertz CT molecular complexity index is 3670. The van der Waals surface area contributed by atoms with Crippen LogP contribution in [-0.4, -0.2) is 126 Å². The van der Waals surface area contributed by atoms with Crippen LogP contribution in [0.2, 0.25) is 0 Å². The number of para-hydroxylation sites is 1. The highest BCUT2D eigenvalue weighted by molar-refractivity contribution is 7.70. The van der Waals surface area contributed by atoms with Crippen molar-refractivity contribution in [2.45, 2.75) is 161 Å². The number of nitrogens with two attached hydrogens (primary N) is 1. The van der Waals surface area contributed by atoms with Gasteiger partial charge in [-0.25, -0.2) is 4.98 Å². The number of amides is 7. The van der Waals surface area contributed by atoms with Gasteiger partial charge in [0.15, 0.2) is 0 Å². The molecule has 2 aromatic heterocycles. The minimum atomic E-state index is -5.06. The summed E-state index contributed by atoms with van der Waals surface area (Å²) in [4.78, 5) is 139. The quantitative estimate of drug-likeness (QED) is 0.0228. The van der Waals surface area contributed by atoms with Crippen molar-refractivity contribution in [2.24, 2.45) is 11.1 Å². The molecule has 0 saturated carbocycles. The van der Waals surface area contributed by atoms with E-state index in [1.807, 2.05) is 94.4 Å². The second kappa shape index (κ2) is 27.6. The highest BCUT2D eigenvalue weighted by atomic mass is 32.1. The van der Waals surface area contributed by atoms with Gasteiger partial charge in [0.25, 0.3) is 11.4 Å². The summed E-state index contributed by atoms with van der Waals surface area (Å²) in [5.41, 5.74) is 12.6. The van der Waals surface area contributed by atoms with Crippen molar-refractivity contribution in [3.05, 3.63) is 141 Å². The molecule has 5 heterocycles. The molecule has 0 radical (unpaired) electrons. The zero-order valence-corrected chi connectivity index (χ0v) is 51.6. The number of fused-ring (bicyclic) bond motifs is 1. The third-order valence-corrected chi connectivity index (χ3v) is 18.4. The van der Waals surface area contributed by atoms with E-state index in [0.717, 1.165) is 50.4 Å². The number of anilines is 1. The lowest BCUT2D eigenvalue weighted by Crippen LogP contribution is -2.57. The van der Waals surface area contributed by atoms with Crippen LogP contribution in [0.1, 0.15) is 133 Å². The molecule has 4 aromatic carbocycles. The Morgan fingerprint density at radius 3 is 2.33 bits per heavy atom. The lowest BCUT2D eigenvalue weighted by Gasteiger charge is -2.35. The van der Waals surface area contributed by atoms with Gasteiger partial charge >= 0.3 is 7.60 Å². The maximum absolute atomic E-state index is 14.6. The number of rotatable bonds is 25. The maximum atomic E-state index is 14.6. The fourth-order valence-corrected chi connectivity index (χ4v) is 13.1. The number of aromatic nitrogens is 2. The van der Waals surface area contributed by atoms with E-state index < -0.39 is 90.5 Å². The standard InChI is InChI=1S/C64H76N9O13PS/c1-36-56(88-35-67-36)41-20-18-38(19-21-41)32-66-59(78)51-31-46(74)33-72(51)62(81)57(64(3,4)5)71-54(76)17-8-6-7-12-39-13-9-10-14-44(39)34-86-37(2)47(26-27-53(65)75)69-60(79)52-30-42-16-11-15-40-22-25-49(61(80)73(52)55(40)42)70-58(77)50-29-45-28-43(23-24-48(45)68-50)63(82)87(83,84)85/h9-11,13-16,18-21,23-24,28-29,35,37,46-47,49,51-52,57,68,74H,6-8,12,17,22,25-27,30-34H2,1-5H3,(H2,65,75)(H,66,78)(H,69,79)(H,70,77)(H,71,76)(H2,83,84,85)/t37-,46-,47+,49+,51+,52+,57-/m1/s1. The number of carbonyl (C=O) groups is 8. The van der Waals surface area contributed by atoms with Crippen LogP contribution >= 0.6 is 18.9 Å². The monoisotopic (exact) mass is 1240 g/mol. The van der Waals surface area contributed by atoms with E-state index in [1.165, 1.54) is 34.1 Å². The van der Waals surface area contributed by atoms with Gasteiger partial charge in [-0.15, -0.1) is 11.3 Å². The number of unbranched alkanes of at least 4 members (excludes halogenated alkanes) is 2. The zero-order valence-electron chi connectivity index (χ0n) is 49.9. The Morgan fingerprint density at radius 2 is 1.62 bits per heavy atom. The van der Waals surface area contributed by atoms with Crippen molar-refractivity contribution >= 4 is 82.4 Å². The summed E-state index contributed by atoms with van der Waals surface area (Å²) < 4.78 is 18.1. The highest BCUT2D eigenvalue weighted by Crippen LogP contribution is 2.41. The van der Waals surface area contributed by atoms with Crippen LogP contribution in [0.25, 0.3) is 21.3 Å². The van der Waals surface area contributed by atoms with Crippen molar-refractivity contribution in [2.75, 3.05) is 11.4 Å². The topological polar surface area (TPSA) is 333 Å². The first-order valence-corrected chi connectivity index (χ1v) is 32.1. The number of nitrogens with zero attached hydrogens (tertiary/aromatic N) is 3. The number of hydrogen-bond acceptors (Lipinski definition) is 13. The van der Waals surface area contributed by atoms with Gasteiger partial charge in [0.05, 0.1) is 46.6 Å². The largest absolute Gasteiger partial charge is 0.396 e. The second-order valence-corrected chi connectivity index (χ2v) is 26.5. The van der Waals surface area contributed by atoms with Gasteiger partial charge < -0.3 is 56.5 Å². The van der Waals surface area contributed by atoms with E-state index in [2.05, 4.69) is 31.2 Å². The van der Waals surface area contributed by atoms with Crippen LogP contribution in [0.15, 0.2) is 96.5 Å². The van der Waals surface area contributed by atoms with Crippen molar-refractivity contribution in [3.8, 4) is 10.4 Å². The summed E-state index contributed by atoms with van der Waals surface area (Å²) in [6.07, 6.45) is 2.23. The van der Waals surface area contributed by atoms with E-state index in [9.17, 15) is 57.8 Å². The molecule has 0 spiro atoms. The summed E-state index contributed by atoms with van der Waals surface area (Å²) in [7, 11) is -5.06. The molecule has 6 aromatic rings. The van der Waals surface area contributed by atoms with Crippen molar-refractivity contribution in [1.29, 1.82) is 0 Å². The number of aliphatic hydroxyl groups is 1. The van der Waals surface area contributed by atoms with Gasteiger partial charge in [0.1, 0.15) is 29.9 Å². The molecule has 22 nitrogen and oxygen atoms in total. The first kappa shape index (κ1) is 64.6. The van der Waals surface area contributed by atoms with E-state index in [1.54, 1.807) is 23.8 Å². The van der Waals surface area contributed by atoms with Crippen molar-refractivity contribution in [3.63, 3.8) is 0 Å². The van der Waals surface area contributed by atoms with Crippen molar-refractivity contribution < 1.29 is 62.6 Å². The number of aromatic amines is 1.